The summed E-state index contributed by atoms with van der Waals surface area (Å²) in [6.07, 6.45) is 0. The van der Waals surface area contributed by atoms with E-state index >= 15 is 0 Å². The highest BCUT2D eigenvalue weighted by molar-refractivity contribution is 6.30. The minimum Gasteiger partial charge on any atom is -0.508 e. The third-order valence-corrected chi connectivity index (χ3v) is 5.76. The Morgan fingerprint density at radius 2 is 1.15 bits per heavy atom. The lowest BCUT2D eigenvalue weighted by Crippen LogP contribution is -2.00. The highest BCUT2D eigenvalue weighted by atomic mass is 35.5. The Labute approximate surface area is 199 Å². The summed E-state index contributed by atoms with van der Waals surface area (Å²) in [5.41, 5.74) is 4.84. The average Bonchev–Trinajstić information content (AvgIpc) is 3.23. The Morgan fingerprint density at radius 1 is 0.647 bits per heavy atom. The molecule has 0 saturated heterocycles. The van der Waals surface area contributed by atoms with E-state index in [0.717, 1.165) is 22.3 Å². The maximum atomic E-state index is 13.9. The summed E-state index contributed by atoms with van der Waals surface area (Å²) >= 11 is 6.09. The van der Waals surface area contributed by atoms with Gasteiger partial charge in [-0.15, -0.1) is 0 Å². The van der Waals surface area contributed by atoms with E-state index in [1.807, 2.05) is 0 Å². The van der Waals surface area contributed by atoms with Gasteiger partial charge in [0.05, 0.1) is 16.4 Å². The molecule has 1 aromatic heterocycles. The van der Waals surface area contributed by atoms with Gasteiger partial charge in [0, 0.05) is 16.7 Å². The van der Waals surface area contributed by atoms with E-state index in [1.165, 1.54) is 12.1 Å². The first kappa shape index (κ1) is 21.6. The van der Waals surface area contributed by atoms with Crippen molar-refractivity contribution in [2.24, 2.45) is 0 Å². The molecule has 0 radical (unpaired) electrons. The first-order valence-corrected chi connectivity index (χ1v) is 10.7. The van der Waals surface area contributed by atoms with Crippen LogP contribution in [0.5, 0.6) is 17.2 Å². The van der Waals surface area contributed by atoms with Crippen LogP contribution < -0.4 is 0 Å². The Morgan fingerprint density at radius 3 is 1.68 bits per heavy atom. The zero-order valence-electron chi connectivity index (χ0n) is 17.7. The number of phenols is 3. The molecule has 0 saturated carbocycles. The molecule has 7 heteroatoms. The number of nitrogens with zero attached hydrogens (tertiary/aromatic N) is 2. The van der Waals surface area contributed by atoms with Crippen LogP contribution in [0.15, 0.2) is 91.0 Å². The molecule has 5 aromatic rings. The zero-order chi connectivity index (χ0) is 23.8. The summed E-state index contributed by atoms with van der Waals surface area (Å²) in [5, 5.41) is 34.3. The van der Waals surface area contributed by atoms with Gasteiger partial charge in [-0.05, 0) is 84.4 Å². The van der Waals surface area contributed by atoms with Crippen molar-refractivity contribution >= 4 is 11.6 Å². The molecular formula is C27H18ClFN2O3. The van der Waals surface area contributed by atoms with Crippen LogP contribution in [0.4, 0.5) is 4.39 Å². The van der Waals surface area contributed by atoms with E-state index in [2.05, 4.69) is 0 Å². The van der Waals surface area contributed by atoms with Crippen molar-refractivity contribution in [1.82, 2.24) is 9.78 Å². The Kier molecular flexibility index (Phi) is 5.43. The van der Waals surface area contributed by atoms with Crippen LogP contribution in [0, 0.1) is 5.82 Å². The van der Waals surface area contributed by atoms with Gasteiger partial charge in [0.15, 0.2) is 0 Å². The smallest absolute Gasteiger partial charge is 0.141 e. The molecule has 0 unspecified atom stereocenters. The van der Waals surface area contributed by atoms with Gasteiger partial charge in [-0.2, -0.15) is 5.10 Å². The second-order valence-electron chi connectivity index (χ2n) is 7.72. The predicted molar refractivity (Wildman–Crippen MR) is 130 cm³/mol. The Balaban J connectivity index is 1.88. The van der Waals surface area contributed by atoms with Crippen molar-refractivity contribution in [1.29, 1.82) is 0 Å². The fourth-order valence-corrected chi connectivity index (χ4v) is 4.01. The highest BCUT2D eigenvalue weighted by Crippen LogP contribution is 2.42. The maximum Gasteiger partial charge on any atom is 0.141 e. The van der Waals surface area contributed by atoms with Crippen LogP contribution in [0.1, 0.15) is 0 Å². The molecule has 168 valence electrons. The molecule has 5 nitrogen and oxygen atoms in total. The molecule has 1 heterocycles. The first-order valence-electron chi connectivity index (χ1n) is 10.4. The summed E-state index contributed by atoms with van der Waals surface area (Å²) in [5.74, 6) is -0.178. The van der Waals surface area contributed by atoms with Crippen LogP contribution in [0.3, 0.4) is 0 Å². The molecule has 0 aliphatic rings. The van der Waals surface area contributed by atoms with Gasteiger partial charge in [-0.3, -0.25) is 0 Å². The van der Waals surface area contributed by atoms with Crippen LogP contribution in [0.25, 0.3) is 39.3 Å². The van der Waals surface area contributed by atoms with Gasteiger partial charge < -0.3 is 15.3 Å². The van der Waals surface area contributed by atoms with Gasteiger partial charge in [0.2, 0.25) is 0 Å². The number of aromatic nitrogens is 2. The lowest BCUT2D eigenvalue weighted by atomic mass is 9.95. The molecule has 0 aliphatic carbocycles. The summed E-state index contributed by atoms with van der Waals surface area (Å²) in [4.78, 5) is 0. The van der Waals surface area contributed by atoms with E-state index in [4.69, 9.17) is 16.7 Å². The fraction of sp³-hybridized carbons (Fsp3) is 0. The monoisotopic (exact) mass is 472 g/mol. The zero-order valence-corrected chi connectivity index (χ0v) is 18.4. The van der Waals surface area contributed by atoms with Crippen LogP contribution in [0.2, 0.25) is 5.02 Å². The van der Waals surface area contributed by atoms with E-state index in [1.54, 1.807) is 83.5 Å². The summed E-state index contributed by atoms with van der Waals surface area (Å²) in [6, 6.07) is 24.4. The quantitative estimate of drug-likeness (QED) is 0.269. The van der Waals surface area contributed by atoms with Gasteiger partial charge in [0.1, 0.15) is 28.8 Å². The maximum absolute atomic E-state index is 13.9. The standard InChI is InChI=1S/C27H18ClFN2O3/c28-23-15-19(7-14-24(23)29)31-27(18-5-12-22(34)13-6-18)25(16-1-8-20(32)9-2-16)26(30-31)17-3-10-21(33)11-4-17/h1-15,32-34H. The van der Waals surface area contributed by atoms with Gasteiger partial charge >= 0.3 is 0 Å². The molecule has 0 atom stereocenters. The minimum atomic E-state index is -0.540. The average molecular weight is 473 g/mol. The summed E-state index contributed by atoms with van der Waals surface area (Å²) < 4.78 is 15.6. The van der Waals surface area contributed by atoms with E-state index in [-0.39, 0.29) is 22.3 Å². The van der Waals surface area contributed by atoms with Crippen molar-refractivity contribution in [3.8, 4) is 56.6 Å². The molecule has 0 amide bonds. The number of benzene rings is 4. The van der Waals surface area contributed by atoms with Gasteiger partial charge in [0.25, 0.3) is 0 Å². The molecule has 5 rings (SSSR count). The van der Waals surface area contributed by atoms with E-state index in [0.29, 0.717) is 17.1 Å². The Hall–Kier alpha value is -4.29. The van der Waals surface area contributed by atoms with Gasteiger partial charge in [-0.25, -0.2) is 9.07 Å². The number of rotatable bonds is 4. The van der Waals surface area contributed by atoms with Crippen molar-refractivity contribution in [2.75, 3.05) is 0 Å². The van der Waals surface area contributed by atoms with Crippen LogP contribution in [-0.4, -0.2) is 25.1 Å². The van der Waals surface area contributed by atoms with Crippen molar-refractivity contribution in [3.63, 3.8) is 0 Å². The topological polar surface area (TPSA) is 78.5 Å². The molecule has 4 aromatic carbocycles. The Bertz CT molecular complexity index is 1480. The van der Waals surface area contributed by atoms with Crippen molar-refractivity contribution in [2.45, 2.75) is 0 Å². The minimum absolute atomic E-state index is 0.0398. The molecule has 0 aliphatic heterocycles. The first-order chi connectivity index (χ1) is 16.4. The second-order valence-corrected chi connectivity index (χ2v) is 8.13. The number of halogens is 2. The second kappa shape index (κ2) is 8.57. The third kappa shape index (κ3) is 3.95. The molecule has 0 bridgehead atoms. The summed E-state index contributed by atoms with van der Waals surface area (Å²) in [7, 11) is 0. The fourth-order valence-electron chi connectivity index (χ4n) is 3.83. The number of hydrogen-bond donors (Lipinski definition) is 3. The van der Waals surface area contributed by atoms with Crippen molar-refractivity contribution < 1.29 is 19.7 Å². The molecule has 0 spiro atoms. The molecule has 0 fully saturated rings. The number of phenolic OH excluding ortho intramolecular Hbond substituents is 3. The third-order valence-electron chi connectivity index (χ3n) is 5.47. The normalized spacial score (nSPS) is 11.0. The number of aromatic hydroxyl groups is 3. The number of hydrogen-bond acceptors (Lipinski definition) is 4. The van der Waals surface area contributed by atoms with Crippen LogP contribution >= 0.6 is 11.6 Å². The van der Waals surface area contributed by atoms with Gasteiger partial charge in [-0.1, -0.05) is 23.7 Å². The summed E-state index contributed by atoms with van der Waals surface area (Å²) in [6.45, 7) is 0. The van der Waals surface area contributed by atoms with Crippen LogP contribution in [-0.2, 0) is 0 Å². The van der Waals surface area contributed by atoms with E-state index < -0.39 is 5.82 Å². The lowest BCUT2D eigenvalue weighted by Gasteiger charge is -2.12. The molecular weight excluding hydrogens is 455 g/mol. The highest BCUT2D eigenvalue weighted by Gasteiger charge is 2.23. The predicted octanol–water partition coefficient (Wildman–Crippen LogP) is 6.78. The largest absolute Gasteiger partial charge is 0.508 e. The SMILES string of the molecule is Oc1ccc(-c2nn(-c3ccc(F)c(Cl)c3)c(-c3ccc(O)cc3)c2-c2ccc(O)cc2)cc1. The van der Waals surface area contributed by atoms with E-state index in [9.17, 15) is 19.7 Å². The van der Waals surface area contributed by atoms with Crippen molar-refractivity contribution in [3.05, 3.63) is 102 Å². The molecule has 34 heavy (non-hydrogen) atoms. The lowest BCUT2D eigenvalue weighted by molar-refractivity contribution is 0.475. The molecule has 3 N–H and O–H groups in total.